The maximum Gasteiger partial charge on any atom is 0.180 e. The smallest absolute Gasteiger partial charge is 0.180 e. The van der Waals surface area contributed by atoms with Crippen LogP contribution in [0, 0.1) is 0 Å². The first-order chi connectivity index (χ1) is 6.59. The van der Waals surface area contributed by atoms with Crippen molar-refractivity contribution in [3.63, 3.8) is 0 Å². The third-order valence-corrected chi connectivity index (χ3v) is 4.06. The van der Waals surface area contributed by atoms with Crippen molar-refractivity contribution < 1.29 is 13.5 Å². The van der Waals surface area contributed by atoms with Crippen LogP contribution in [0.2, 0.25) is 0 Å². The fraction of sp³-hybridized carbons (Fsp3) is 0.333. The summed E-state index contributed by atoms with van der Waals surface area (Å²) in [6, 6.07) is 4.28. The SMILES string of the molecule is O=S1(=O)CCCNc2cc(O)ccc21. The van der Waals surface area contributed by atoms with Gasteiger partial charge < -0.3 is 10.4 Å². The monoisotopic (exact) mass is 213 g/mol. The molecule has 1 aromatic carbocycles. The van der Waals surface area contributed by atoms with Crippen LogP contribution >= 0.6 is 0 Å². The molecule has 0 saturated heterocycles. The number of anilines is 1. The first-order valence-corrected chi connectivity index (χ1v) is 6.04. The highest BCUT2D eigenvalue weighted by Crippen LogP contribution is 2.28. The first kappa shape index (κ1) is 9.33. The van der Waals surface area contributed by atoms with Crippen LogP contribution in [0.15, 0.2) is 23.1 Å². The summed E-state index contributed by atoms with van der Waals surface area (Å²) in [7, 11) is -3.17. The van der Waals surface area contributed by atoms with Crippen LogP contribution in [-0.2, 0) is 9.84 Å². The molecule has 0 unspecified atom stereocenters. The number of fused-ring (bicyclic) bond motifs is 1. The van der Waals surface area contributed by atoms with E-state index in [-0.39, 0.29) is 16.4 Å². The standard InChI is InChI=1S/C9H11NO3S/c11-7-2-3-9-8(6-7)10-4-1-5-14(9,12)13/h2-3,6,10-11H,1,4-5H2. The minimum absolute atomic E-state index is 0.0772. The van der Waals surface area contributed by atoms with Gasteiger partial charge >= 0.3 is 0 Å². The molecule has 0 spiro atoms. The zero-order chi connectivity index (χ0) is 10.2. The highest BCUT2D eigenvalue weighted by Gasteiger charge is 2.21. The van der Waals surface area contributed by atoms with Crippen LogP contribution in [0.3, 0.4) is 0 Å². The average molecular weight is 213 g/mol. The highest BCUT2D eigenvalue weighted by molar-refractivity contribution is 7.91. The summed E-state index contributed by atoms with van der Waals surface area (Å²) in [5, 5.41) is 12.2. The minimum Gasteiger partial charge on any atom is -0.508 e. The molecule has 0 aliphatic carbocycles. The van der Waals surface area contributed by atoms with Gasteiger partial charge in [-0.05, 0) is 18.6 Å². The molecule has 0 fully saturated rings. The van der Waals surface area contributed by atoms with Crippen molar-refractivity contribution in [2.45, 2.75) is 11.3 Å². The Labute approximate surface area is 82.5 Å². The number of nitrogens with one attached hydrogen (secondary N) is 1. The topological polar surface area (TPSA) is 66.4 Å². The number of hydrogen-bond donors (Lipinski definition) is 2. The number of benzene rings is 1. The van der Waals surface area contributed by atoms with E-state index in [1.165, 1.54) is 18.2 Å². The predicted octanol–water partition coefficient (Wildman–Crippen LogP) is 0.982. The van der Waals surface area contributed by atoms with E-state index in [1.807, 2.05) is 0 Å². The molecule has 76 valence electrons. The van der Waals surface area contributed by atoms with E-state index in [9.17, 15) is 13.5 Å². The van der Waals surface area contributed by atoms with Crippen molar-refractivity contribution in [2.24, 2.45) is 0 Å². The molecule has 1 heterocycles. The number of aromatic hydroxyl groups is 1. The summed E-state index contributed by atoms with van der Waals surface area (Å²) < 4.78 is 23.4. The van der Waals surface area contributed by atoms with Gasteiger partial charge in [-0.15, -0.1) is 0 Å². The van der Waals surface area contributed by atoms with Crippen LogP contribution < -0.4 is 5.32 Å². The Kier molecular flexibility index (Phi) is 2.11. The maximum atomic E-state index is 11.7. The van der Waals surface area contributed by atoms with Crippen LogP contribution in [-0.4, -0.2) is 25.8 Å². The largest absolute Gasteiger partial charge is 0.508 e. The Morgan fingerprint density at radius 2 is 2.14 bits per heavy atom. The van der Waals surface area contributed by atoms with Gasteiger partial charge in [-0.2, -0.15) is 0 Å². The quantitative estimate of drug-likeness (QED) is 0.674. The fourth-order valence-corrected chi connectivity index (χ4v) is 3.01. The van der Waals surface area contributed by atoms with Crippen molar-refractivity contribution in [3.05, 3.63) is 18.2 Å². The number of rotatable bonds is 0. The van der Waals surface area contributed by atoms with E-state index in [4.69, 9.17) is 0 Å². The molecular formula is C9H11NO3S. The summed E-state index contributed by atoms with van der Waals surface area (Å²) >= 11 is 0. The molecule has 0 aromatic heterocycles. The second kappa shape index (κ2) is 3.16. The van der Waals surface area contributed by atoms with Crippen molar-refractivity contribution >= 4 is 15.5 Å². The van der Waals surface area contributed by atoms with Crippen LogP contribution in [0.5, 0.6) is 5.75 Å². The van der Waals surface area contributed by atoms with Gasteiger partial charge in [0.15, 0.2) is 9.84 Å². The molecule has 5 heteroatoms. The molecule has 1 aliphatic rings. The van der Waals surface area contributed by atoms with E-state index < -0.39 is 9.84 Å². The lowest BCUT2D eigenvalue weighted by molar-refractivity contribution is 0.475. The summed E-state index contributed by atoms with van der Waals surface area (Å²) in [6.45, 7) is 0.621. The Morgan fingerprint density at radius 3 is 2.93 bits per heavy atom. The third-order valence-electron chi connectivity index (χ3n) is 2.20. The van der Waals surface area contributed by atoms with Crippen molar-refractivity contribution in [2.75, 3.05) is 17.6 Å². The van der Waals surface area contributed by atoms with E-state index in [0.29, 0.717) is 18.7 Å². The van der Waals surface area contributed by atoms with Gasteiger partial charge in [0.05, 0.1) is 16.3 Å². The van der Waals surface area contributed by atoms with Crippen molar-refractivity contribution in [1.29, 1.82) is 0 Å². The van der Waals surface area contributed by atoms with Crippen LogP contribution in [0.25, 0.3) is 0 Å². The zero-order valence-corrected chi connectivity index (χ0v) is 8.34. The average Bonchev–Trinajstić information content (AvgIpc) is 2.25. The molecule has 1 aliphatic heterocycles. The molecule has 1 aromatic rings. The van der Waals surface area contributed by atoms with E-state index in [0.717, 1.165) is 0 Å². The fourth-order valence-electron chi connectivity index (χ4n) is 1.52. The Bertz CT molecular complexity index is 453. The summed E-state index contributed by atoms with van der Waals surface area (Å²) in [5.41, 5.74) is 0.502. The molecular weight excluding hydrogens is 202 g/mol. The van der Waals surface area contributed by atoms with Crippen molar-refractivity contribution in [3.8, 4) is 5.75 Å². The molecule has 0 amide bonds. The maximum absolute atomic E-state index is 11.7. The summed E-state index contributed by atoms with van der Waals surface area (Å²) in [6.07, 6.45) is 0.595. The van der Waals surface area contributed by atoms with Gasteiger partial charge in [0, 0.05) is 12.6 Å². The lowest BCUT2D eigenvalue weighted by atomic mass is 10.3. The van der Waals surface area contributed by atoms with Crippen molar-refractivity contribution in [1.82, 2.24) is 0 Å². The van der Waals surface area contributed by atoms with Gasteiger partial charge in [-0.25, -0.2) is 8.42 Å². The number of phenols is 1. The molecule has 0 radical (unpaired) electrons. The van der Waals surface area contributed by atoms with Crippen LogP contribution in [0.4, 0.5) is 5.69 Å². The molecule has 2 rings (SSSR count). The third kappa shape index (κ3) is 1.55. The highest BCUT2D eigenvalue weighted by atomic mass is 32.2. The number of hydrogen-bond acceptors (Lipinski definition) is 4. The second-order valence-corrected chi connectivity index (χ2v) is 5.36. The molecule has 0 saturated carbocycles. The molecule has 14 heavy (non-hydrogen) atoms. The lowest BCUT2D eigenvalue weighted by Crippen LogP contribution is -2.04. The Morgan fingerprint density at radius 1 is 1.36 bits per heavy atom. The van der Waals surface area contributed by atoms with Gasteiger partial charge in [0.2, 0.25) is 0 Å². The first-order valence-electron chi connectivity index (χ1n) is 4.39. The zero-order valence-electron chi connectivity index (χ0n) is 7.53. The van der Waals surface area contributed by atoms with Crippen LogP contribution in [0.1, 0.15) is 6.42 Å². The molecule has 2 N–H and O–H groups in total. The van der Waals surface area contributed by atoms with Gasteiger partial charge in [-0.3, -0.25) is 0 Å². The normalized spacial score (nSPS) is 19.1. The summed E-state index contributed by atoms with van der Waals surface area (Å²) in [5.74, 6) is 0.242. The van der Waals surface area contributed by atoms with E-state index in [2.05, 4.69) is 5.32 Å². The summed E-state index contributed by atoms with van der Waals surface area (Å²) in [4.78, 5) is 0.285. The molecule has 0 bridgehead atoms. The van der Waals surface area contributed by atoms with Gasteiger partial charge in [-0.1, -0.05) is 0 Å². The van der Waals surface area contributed by atoms with E-state index >= 15 is 0 Å². The number of phenolic OH excluding ortho intramolecular Hbond substituents is 1. The van der Waals surface area contributed by atoms with E-state index in [1.54, 1.807) is 0 Å². The minimum atomic E-state index is -3.17. The second-order valence-electron chi connectivity index (χ2n) is 3.28. The predicted molar refractivity (Wildman–Crippen MR) is 53.3 cm³/mol. The molecule has 0 atom stereocenters. The number of sulfone groups is 1. The molecule has 4 nitrogen and oxygen atoms in total. The Hall–Kier alpha value is -1.23. The Balaban J connectivity index is 2.62. The lowest BCUT2D eigenvalue weighted by Gasteiger charge is -2.06. The van der Waals surface area contributed by atoms with Gasteiger partial charge in [0.25, 0.3) is 0 Å². The van der Waals surface area contributed by atoms with Gasteiger partial charge in [0.1, 0.15) is 5.75 Å².